The summed E-state index contributed by atoms with van der Waals surface area (Å²) in [6.45, 7) is 2.30. The minimum atomic E-state index is -0.618. The molecule has 1 heterocycles. The summed E-state index contributed by atoms with van der Waals surface area (Å²) in [4.78, 5) is 2.03. The molecule has 20 heavy (non-hydrogen) atoms. The molecule has 0 aliphatic carbocycles. The Morgan fingerprint density at radius 1 is 1.40 bits per heavy atom. The minimum absolute atomic E-state index is 0.159. The van der Waals surface area contributed by atoms with Crippen LogP contribution in [0.5, 0.6) is 0 Å². The summed E-state index contributed by atoms with van der Waals surface area (Å²) in [6.07, 6.45) is 0.864. The summed E-state index contributed by atoms with van der Waals surface area (Å²) >= 11 is 0. The number of ether oxygens (including phenoxy) is 1. The molecule has 0 amide bonds. The molecule has 2 N–H and O–H groups in total. The van der Waals surface area contributed by atoms with Gasteiger partial charge in [0.25, 0.3) is 0 Å². The molecular formula is C15H22FNO3. The van der Waals surface area contributed by atoms with Gasteiger partial charge in [0.1, 0.15) is 5.82 Å². The zero-order valence-corrected chi connectivity index (χ0v) is 11.5. The molecule has 4 nitrogen and oxygen atoms in total. The van der Waals surface area contributed by atoms with E-state index in [1.165, 1.54) is 6.07 Å². The number of nitrogens with zero attached hydrogens (tertiary/aromatic N) is 1. The third kappa shape index (κ3) is 4.83. The van der Waals surface area contributed by atoms with Crippen molar-refractivity contribution in [1.82, 2.24) is 4.90 Å². The van der Waals surface area contributed by atoms with Crippen molar-refractivity contribution in [3.8, 4) is 0 Å². The number of aliphatic hydroxyl groups excluding tert-OH is 2. The Kier molecular flexibility index (Phi) is 5.91. The summed E-state index contributed by atoms with van der Waals surface area (Å²) in [5.41, 5.74) is 0.494. The molecule has 0 unspecified atom stereocenters. The maximum atomic E-state index is 13.4. The van der Waals surface area contributed by atoms with E-state index in [0.717, 1.165) is 19.4 Å². The molecule has 5 heteroatoms. The molecule has 2 atom stereocenters. The van der Waals surface area contributed by atoms with Crippen molar-refractivity contribution in [3.05, 3.63) is 35.6 Å². The van der Waals surface area contributed by atoms with Crippen LogP contribution in [-0.4, -0.2) is 53.6 Å². The van der Waals surface area contributed by atoms with Gasteiger partial charge in [-0.2, -0.15) is 0 Å². The molecule has 0 spiro atoms. The number of β-amino-alcohol motifs (C(OH)–C–C–N with tert-alkyl or cyclic N) is 2. The molecule has 0 aromatic heterocycles. The normalized spacial score (nSPS) is 21.9. The van der Waals surface area contributed by atoms with Gasteiger partial charge in [-0.05, 0) is 25.5 Å². The molecule has 1 aliphatic heterocycles. The van der Waals surface area contributed by atoms with E-state index < -0.39 is 6.10 Å². The quantitative estimate of drug-likeness (QED) is 0.822. The van der Waals surface area contributed by atoms with Gasteiger partial charge in [-0.1, -0.05) is 18.2 Å². The number of piperidine rings is 1. The highest BCUT2D eigenvalue weighted by molar-refractivity contribution is 5.16. The van der Waals surface area contributed by atoms with Crippen LogP contribution in [0.1, 0.15) is 18.4 Å². The third-order valence-electron chi connectivity index (χ3n) is 3.48. The monoisotopic (exact) mass is 283 g/mol. The van der Waals surface area contributed by atoms with Crippen molar-refractivity contribution in [3.63, 3.8) is 0 Å². The fourth-order valence-corrected chi connectivity index (χ4v) is 2.47. The van der Waals surface area contributed by atoms with Crippen molar-refractivity contribution in [2.24, 2.45) is 0 Å². The highest BCUT2D eigenvalue weighted by atomic mass is 19.1. The van der Waals surface area contributed by atoms with Gasteiger partial charge in [-0.25, -0.2) is 4.39 Å². The van der Waals surface area contributed by atoms with E-state index >= 15 is 0 Å². The lowest BCUT2D eigenvalue weighted by molar-refractivity contribution is -0.00784. The fourth-order valence-electron chi connectivity index (χ4n) is 2.47. The maximum absolute atomic E-state index is 13.4. The molecule has 0 radical (unpaired) electrons. The second-order valence-corrected chi connectivity index (χ2v) is 5.32. The van der Waals surface area contributed by atoms with Crippen LogP contribution in [0.3, 0.4) is 0 Å². The molecule has 1 aromatic carbocycles. The molecule has 1 saturated heterocycles. The van der Waals surface area contributed by atoms with Gasteiger partial charge >= 0.3 is 0 Å². The summed E-state index contributed by atoms with van der Waals surface area (Å²) in [7, 11) is 0. The van der Waals surface area contributed by atoms with Gasteiger partial charge in [0.15, 0.2) is 0 Å². The van der Waals surface area contributed by atoms with E-state index in [4.69, 9.17) is 4.74 Å². The molecular weight excluding hydrogens is 261 g/mol. The van der Waals surface area contributed by atoms with E-state index in [0.29, 0.717) is 18.7 Å². The number of aliphatic hydroxyl groups is 2. The topological polar surface area (TPSA) is 52.9 Å². The van der Waals surface area contributed by atoms with Gasteiger partial charge in [-0.3, -0.25) is 4.90 Å². The van der Waals surface area contributed by atoms with E-state index in [-0.39, 0.29) is 25.1 Å². The first kappa shape index (κ1) is 15.4. The highest BCUT2D eigenvalue weighted by Gasteiger charge is 2.19. The summed E-state index contributed by atoms with van der Waals surface area (Å²) in [5.74, 6) is -0.291. The van der Waals surface area contributed by atoms with Crippen LogP contribution in [0.25, 0.3) is 0 Å². The summed E-state index contributed by atoms with van der Waals surface area (Å²) < 4.78 is 18.7. The second kappa shape index (κ2) is 7.69. The number of hydrogen-bond donors (Lipinski definition) is 2. The van der Waals surface area contributed by atoms with Gasteiger partial charge < -0.3 is 14.9 Å². The molecule has 0 bridgehead atoms. The third-order valence-corrected chi connectivity index (χ3v) is 3.48. The Morgan fingerprint density at radius 2 is 2.20 bits per heavy atom. The van der Waals surface area contributed by atoms with E-state index in [2.05, 4.69) is 0 Å². The number of hydrogen-bond acceptors (Lipinski definition) is 4. The Morgan fingerprint density at radius 3 is 2.95 bits per heavy atom. The van der Waals surface area contributed by atoms with Crippen molar-refractivity contribution in [1.29, 1.82) is 0 Å². The zero-order chi connectivity index (χ0) is 14.4. The standard InChI is InChI=1S/C15H22FNO3/c16-15-6-2-1-4-12(15)10-20-11-14(19)9-17-7-3-5-13(18)8-17/h1-2,4,6,13-14,18-19H,3,5,7-11H2/t13-,14-/m0/s1. The lowest BCUT2D eigenvalue weighted by Crippen LogP contribution is -2.43. The predicted octanol–water partition coefficient (Wildman–Crippen LogP) is 1.16. The largest absolute Gasteiger partial charge is 0.392 e. The first-order valence-corrected chi connectivity index (χ1v) is 7.05. The van der Waals surface area contributed by atoms with Crippen LogP contribution < -0.4 is 0 Å². The van der Waals surface area contributed by atoms with Gasteiger partial charge in [0.05, 0.1) is 25.4 Å². The number of halogens is 1. The Hall–Kier alpha value is -1.01. The summed E-state index contributed by atoms with van der Waals surface area (Å²) in [6, 6.07) is 6.45. The second-order valence-electron chi connectivity index (χ2n) is 5.32. The van der Waals surface area contributed by atoms with Gasteiger partial charge in [0.2, 0.25) is 0 Å². The van der Waals surface area contributed by atoms with Crippen LogP contribution in [0.4, 0.5) is 4.39 Å². The lowest BCUT2D eigenvalue weighted by atomic mass is 10.1. The van der Waals surface area contributed by atoms with Crippen molar-refractivity contribution in [2.75, 3.05) is 26.2 Å². The van der Waals surface area contributed by atoms with Crippen LogP contribution in [0.2, 0.25) is 0 Å². The van der Waals surface area contributed by atoms with Gasteiger partial charge in [0, 0.05) is 18.7 Å². The van der Waals surface area contributed by atoms with E-state index in [9.17, 15) is 14.6 Å². The molecule has 1 aliphatic rings. The smallest absolute Gasteiger partial charge is 0.128 e. The van der Waals surface area contributed by atoms with Crippen molar-refractivity contribution in [2.45, 2.75) is 31.7 Å². The Balaban J connectivity index is 1.67. The first-order chi connectivity index (χ1) is 9.65. The molecule has 1 fully saturated rings. The maximum Gasteiger partial charge on any atom is 0.128 e. The number of likely N-dealkylation sites (tertiary alicyclic amines) is 1. The predicted molar refractivity (Wildman–Crippen MR) is 73.7 cm³/mol. The lowest BCUT2D eigenvalue weighted by Gasteiger charge is -2.31. The minimum Gasteiger partial charge on any atom is -0.392 e. The Bertz CT molecular complexity index is 416. The molecule has 112 valence electrons. The first-order valence-electron chi connectivity index (χ1n) is 7.05. The van der Waals surface area contributed by atoms with Crippen molar-refractivity contribution >= 4 is 0 Å². The highest BCUT2D eigenvalue weighted by Crippen LogP contribution is 2.11. The SMILES string of the molecule is O[C@H](COCc1ccccc1F)CN1CCC[C@H](O)C1. The average molecular weight is 283 g/mol. The average Bonchev–Trinajstić information content (AvgIpc) is 2.41. The van der Waals surface area contributed by atoms with Crippen LogP contribution in [-0.2, 0) is 11.3 Å². The van der Waals surface area contributed by atoms with Crippen LogP contribution >= 0.6 is 0 Å². The number of benzene rings is 1. The molecule has 2 rings (SSSR count). The van der Waals surface area contributed by atoms with E-state index in [1.807, 2.05) is 4.90 Å². The van der Waals surface area contributed by atoms with E-state index in [1.54, 1.807) is 18.2 Å². The molecule has 1 aromatic rings. The zero-order valence-electron chi connectivity index (χ0n) is 11.5. The van der Waals surface area contributed by atoms with Crippen LogP contribution in [0, 0.1) is 5.82 Å². The summed E-state index contributed by atoms with van der Waals surface area (Å²) in [5, 5.41) is 19.4. The van der Waals surface area contributed by atoms with Crippen molar-refractivity contribution < 1.29 is 19.3 Å². The van der Waals surface area contributed by atoms with Crippen LogP contribution in [0.15, 0.2) is 24.3 Å². The Labute approximate surface area is 118 Å². The number of rotatable bonds is 6. The van der Waals surface area contributed by atoms with Gasteiger partial charge in [-0.15, -0.1) is 0 Å². The fraction of sp³-hybridized carbons (Fsp3) is 0.600. The molecule has 0 saturated carbocycles.